The molecule has 0 heterocycles. The molecule has 0 saturated carbocycles. The van der Waals surface area contributed by atoms with E-state index in [0.717, 1.165) is 0 Å². The van der Waals surface area contributed by atoms with Crippen LogP contribution in [-0.4, -0.2) is 28.3 Å². The van der Waals surface area contributed by atoms with Gasteiger partial charge in [-0.1, -0.05) is 12.1 Å². The van der Waals surface area contributed by atoms with E-state index in [1.165, 1.54) is 30.3 Å². The average Bonchev–Trinajstić information content (AvgIpc) is 2.58. The Labute approximate surface area is 137 Å². The lowest BCUT2D eigenvalue weighted by molar-refractivity contribution is -0.384. The second-order valence-electron chi connectivity index (χ2n) is 4.79. The normalized spacial score (nSPS) is 11.0. The summed E-state index contributed by atoms with van der Waals surface area (Å²) in [6, 6.07) is 12.0. The predicted octanol–water partition coefficient (Wildman–Crippen LogP) is 2.22. The molecule has 0 radical (unpaired) electrons. The summed E-state index contributed by atoms with van der Waals surface area (Å²) in [7, 11) is 0. The van der Waals surface area contributed by atoms with Crippen LogP contribution in [0.1, 0.15) is 12.5 Å². The zero-order valence-electron chi connectivity index (χ0n) is 12.8. The van der Waals surface area contributed by atoms with Gasteiger partial charge in [0, 0.05) is 17.7 Å². The van der Waals surface area contributed by atoms with Gasteiger partial charge in [0.05, 0.1) is 10.6 Å². The van der Waals surface area contributed by atoms with E-state index in [-0.39, 0.29) is 18.0 Å². The molecule has 0 unspecified atom stereocenters. The fourth-order valence-electron chi connectivity index (χ4n) is 1.83. The van der Waals surface area contributed by atoms with Gasteiger partial charge in [-0.15, -0.1) is 0 Å². The van der Waals surface area contributed by atoms with Crippen LogP contribution in [0.4, 0.5) is 5.69 Å². The van der Waals surface area contributed by atoms with Crippen LogP contribution in [0.2, 0.25) is 0 Å². The molecule has 0 aliphatic carbocycles. The molecule has 2 aromatic carbocycles. The van der Waals surface area contributed by atoms with Gasteiger partial charge in [-0.2, -0.15) is 5.10 Å². The highest BCUT2D eigenvalue weighted by Crippen LogP contribution is 2.17. The summed E-state index contributed by atoms with van der Waals surface area (Å²) in [5.41, 5.74) is 3.20. The topological polar surface area (TPSA) is 114 Å². The Hall–Kier alpha value is -3.42. The first-order valence-electron chi connectivity index (χ1n) is 6.96. The number of non-ortho nitro benzene ring substituents is 1. The van der Waals surface area contributed by atoms with E-state index in [0.29, 0.717) is 17.0 Å². The molecule has 0 saturated heterocycles. The summed E-state index contributed by atoms with van der Waals surface area (Å²) in [5.74, 6) is -0.101. The number of benzene rings is 2. The van der Waals surface area contributed by atoms with Crippen LogP contribution in [0.15, 0.2) is 53.6 Å². The molecular formula is C16H15N3O5. The molecule has 24 heavy (non-hydrogen) atoms. The predicted molar refractivity (Wildman–Crippen MR) is 87.1 cm³/mol. The van der Waals surface area contributed by atoms with Crippen molar-refractivity contribution in [3.05, 3.63) is 64.2 Å². The first-order chi connectivity index (χ1) is 11.5. The maximum atomic E-state index is 11.7. The van der Waals surface area contributed by atoms with E-state index in [1.54, 1.807) is 25.1 Å². The van der Waals surface area contributed by atoms with Crippen LogP contribution in [0.5, 0.6) is 11.5 Å². The van der Waals surface area contributed by atoms with Gasteiger partial charge in [0.15, 0.2) is 6.61 Å². The van der Waals surface area contributed by atoms with E-state index in [2.05, 4.69) is 10.5 Å². The Bertz CT molecular complexity index is 772. The van der Waals surface area contributed by atoms with Crippen molar-refractivity contribution in [2.75, 3.05) is 6.61 Å². The van der Waals surface area contributed by atoms with Crippen LogP contribution in [0.3, 0.4) is 0 Å². The maximum absolute atomic E-state index is 11.7. The third-order valence-electron chi connectivity index (χ3n) is 3.06. The molecule has 2 N–H and O–H groups in total. The summed E-state index contributed by atoms with van der Waals surface area (Å²) in [5, 5.41) is 24.1. The molecule has 0 atom stereocenters. The third kappa shape index (κ3) is 4.54. The van der Waals surface area contributed by atoms with Crippen molar-refractivity contribution in [2.45, 2.75) is 6.92 Å². The lowest BCUT2D eigenvalue weighted by Gasteiger charge is -2.06. The highest BCUT2D eigenvalue weighted by molar-refractivity contribution is 6.01. The Balaban J connectivity index is 1.88. The number of amides is 1. The minimum Gasteiger partial charge on any atom is -0.507 e. The largest absolute Gasteiger partial charge is 0.507 e. The number of nitrogens with one attached hydrogen (secondary N) is 1. The van der Waals surface area contributed by atoms with Gasteiger partial charge < -0.3 is 9.84 Å². The zero-order chi connectivity index (χ0) is 17.5. The Morgan fingerprint density at radius 3 is 2.54 bits per heavy atom. The number of hydrogen-bond donors (Lipinski definition) is 2. The fourth-order valence-corrected chi connectivity index (χ4v) is 1.83. The number of phenols is 1. The second kappa shape index (κ2) is 7.73. The van der Waals surface area contributed by atoms with E-state index in [9.17, 15) is 20.0 Å². The van der Waals surface area contributed by atoms with E-state index >= 15 is 0 Å². The first kappa shape index (κ1) is 16.9. The quantitative estimate of drug-likeness (QED) is 0.479. The summed E-state index contributed by atoms with van der Waals surface area (Å²) in [6.07, 6.45) is 0. The highest BCUT2D eigenvalue weighted by atomic mass is 16.6. The number of hydrogen-bond acceptors (Lipinski definition) is 6. The second-order valence-corrected chi connectivity index (χ2v) is 4.79. The number of nitro groups is 1. The Morgan fingerprint density at radius 1 is 1.25 bits per heavy atom. The molecule has 1 amide bonds. The van der Waals surface area contributed by atoms with Gasteiger partial charge in [0.25, 0.3) is 11.6 Å². The van der Waals surface area contributed by atoms with E-state index in [1.807, 2.05) is 0 Å². The van der Waals surface area contributed by atoms with Crippen molar-refractivity contribution in [3.8, 4) is 11.5 Å². The standard InChI is InChI=1S/C16H15N3O5/c1-11(14-4-2-3-5-15(14)20)17-18-16(21)10-24-13-8-6-12(7-9-13)19(22)23/h2-9,20H,10H2,1H3,(H,18,21)/b17-11+. The molecular weight excluding hydrogens is 314 g/mol. The smallest absolute Gasteiger partial charge is 0.277 e. The number of phenolic OH excluding ortho intramolecular Hbond substituents is 1. The van der Waals surface area contributed by atoms with Crippen LogP contribution in [0, 0.1) is 10.1 Å². The van der Waals surface area contributed by atoms with Gasteiger partial charge in [-0.25, -0.2) is 5.43 Å². The number of carbonyl (C=O) groups excluding carboxylic acids is 1. The van der Waals surface area contributed by atoms with E-state index in [4.69, 9.17) is 4.74 Å². The summed E-state index contributed by atoms with van der Waals surface area (Å²) < 4.78 is 5.21. The SMILES string of the molecule is C/C(=N\NC(=O)COc1ccc([N+](=O)[O-])cc1)c1ccccc1O. The fraction of sp³-hybridized carbons (Fsp3) is 0.125. The maximum Gasteiger partial charge on any atom is 0.277 e. The molecule has 124 valence electrons. The molecule has 2 aromatic rings. The van der Waals surface area contributed by atoms with Gasteiger partial charge in [0.2, 0.25) is 0 Å². The molecule has 0 aromatic heterocycles. The van der Waals surface area contributed by atoms with Gasteiger partial charge in [-0.05, 0) is 31.2 Å². The molecule has 0 fully saturated rings. The molecule has 0 aliphatic rings. The minimum atomic E-state index is -0.521. The van der Waals surface area contributed by atoms with Crippen molar-refractivity contribution in [2.24, 2.45) is 5.10 Å². The van der Waals surface area contributed by atoms with Crippen molar-refractivity contribution in [1.29, 1.82) is 0 Å². The lowest BCUT2D eigenvalue weighted by atomic mass is 10.1. The highest BCUT2D eigenvalue weighted by Gasteiger charge is 2.07. The summed E-state index contributed by atoms with van der Waals surface area (Å²) in [4.78, 5) is 21.7. The molecule has 8 heteroatoms. The Morgan fingerprint density at radius 2 is 1.92 bits per heavy atom. The third-order valence-corrected chi connectivity index (χ3v) is 3.06. The number of aromatic hydroxyl groups is 1. The number of ether oxygens (including phenoxy) is 1. The van der Waals surface area contributed by atoms with Crippen LogP contribution < -0.4 is 10.2 Å². The molecule has 0 aliphatic heterocycles. The number of para-hydroxylation sites is 1. The number of hydrazone groups is 1. The average molecular weight is 329 g/mol. The first-order valence-corrected chi connectivity index (χ1v) is 6.96. The number of rotatable bonds is 6. The van der Waals surface area contributed by atoms with Crippen LogP contribution in [0.25, 0.3) is 0 Å². The van der Waals surface area contributed by atoms with Crippen molar-refractivity contribution in [3.63, 3.8) is 0 Å². The molecule has 0 spiro atoms. The van der Waals surface area contributed by atoms with Crippen LogP contribution in [-0.2, 0) is 4.79 Å². The summed E-state index contributed by atoms with van der Waals surface area (Å²) >= 11 is 0. The van der Waals surface area contributed by atoms with Crippen LogP contribution >= 0.6 is 0 Å². The van der Waals surface area contributed by atoms with E-state index < -0.39 is 10.8 Å². The minimum absolute atomic E-state index is 0.0605. The lowest BCUT2D eigenvalue weighted by Crippen LogP contribution is -2.25. The van der Waals surface area contributed by atoms with Gasteiger partial charge in [-0.3, -0.25) is 14.9 Å². The Kier molecular flexibility index (Phi) is 5.45. The van der Waals surface area contributed by atoms with Crippen molar-refractivity contribution < 1.29 is 19.6 Å². The number of carbonyl (C=O) groups is 1. The van der Waals surface area contributed by atoms with Crippen molar-refractivity contribution in [1.82, 2.24) is 5.43 Å². The number of nitro benzene ring substituents is 1. The van der Waals surface area contributed by atoms with Gasteiger partial charge in [0.1, 0.15) is 11.5 Å². The molecule has 8 nitrogen and oxygen atoms in total. The monoisotopic (exact) mass is 329 g/mol. The number of nitrogens with zero attached hydrogens (tertiary/aromatic N) is 2. The van der Waals surface area contributed by atoms with Gasteiger partial charge >= 0.3 is 0 Å². The summed E-state index contributed by atoms with van der Waals surface area (Å²) in [6.45, 7) is 1.35. The van der Waals surface area contributed by atoms with Crippen molar-refractivity contribution >= 4 is 17.3 Å². The molecule has 0 bridgehead atoms. The zero-order valence-corrected chi connectivity index (χ0v) is 12.8. The molecule has 2 rings (SSSR count).